The van der Waals surface area contributed by atoms with E-state index in [0.29, 0.717) is 11.8 Å². The number of hydrogen-bond donors (Lipinski definition) is 0. The minimum absolute atomic E-state index is 0.533. The van der Waals surface area contributed by atoms with Crippen LogP contribution >= 0.6 is 0 Å². The lowest BCUT2D eigenvalue weighted by Gasteiger charge is -2.24. The third-order valence-electron chi connectivity index (χ3n) is 6.95. The van der Waals surface area contributed by atoms with Crippen LogP contribution in [0.5, 0.6) is 0 Å². The summed E-state index contributed by atoms with van der Waals surface area (Å²) >= 11 is 0. The van der Waals surface area contributed by atoms with Gasteiger partial charge in [0, 0.05) is 0 Å². The standard InChI is InChI=1S/C31H44Si2/c1-21(2)30-18-27(19-31(22(3)4)23(30)5)25-14-12-24(13-15-25)26-16-28(32(6,7)8)20-29(17-26)33(9,10)11/h12-22H,1-11H3. The molecular weight excluding hydrogens is 429 g/mol. The lowest BCUT2D eigenvalue weighted by Crippen LogP contribution is -2.45. The maximum absolute atomic E-state index is 2.52. The minimum atomic E-state index is -1.39. The molecule has 0 bridgehead atoms. The summed E-state index contributed by atoms with van der Waals surface area (Å²) in [5.41, 5.74) is 9.79. The second-order valence-corrected chi connectivity index (χ2v) is 22.6. The molecule has 0 aliphatic heterocycles. The van der Waals surface area contributed by atoms with E-state index in [1.807, 2.05) is 0 Å². The van der Waals surface area contributed by atoms with Crippen molar-refractivity contribution in [2.45, 2.75) is 85.7 Å². The highest BCUT2D eigenvalue weighted by Gasteiger charge is 2.23. The van der Waals surface area contributed by atoms with E-state index in [1.165, 1.54) is 38.9 Å². The SMILES string of the molecule is Cc1c(C(C)C)cc(-c2ccc(-c3cc([Si](C)(C)C)cc([Si](C)(C)C)c3)cc2)cc1C(C)C. The molecule has 0 radical (unpaired) electrons. The van der Waals surface area contributed by atoms with Crippen LogP contribution in [-0.4, -0.2) is 16.1 Å². The van der Waals surface area contributed by atoms with Gasteiger partial charge in [-0.3, -0.25) is 0 Å². The second-order valence-electron chi connectivity index (χ2n) is 12.5. The molecule has 3 aromatic rings. The van der Waals surface area contributed by atoms with Crippen molar-refractivity contribution < 1.29 is 0 Å². The Morgan fingerprint density at radius 1 is 0.485 bits per heavy atom. The third-order valence-corrected chi connectivity index (χ3v) is 11.0. The van der Waals surface area contributed by atoms with E-state index in [9.17, 15) is 0 Å². The summed E-state index contributed by atoms with van der Waals surface area (Å²) in [4.78, 5) is 0. The predicted octanol–water partition coefficient (Wildman–Crippen LogP) is 8.67. The molecule has 0 saturated heterocycles. The smallest absolute Gasteiger partial charge is 0.0656 e. The molecule has 2 heteroatoms. The molecule has 0 saturated carbocycles. The first-order valence-electron chi connectivity index (χ1n) is 12.6. The quantitative estimate of drug-likeness (QED) is 0.315. The predicted molar refractivity (Wildman–Crippen MR) is 156 cm³/mol. The van der Waals surface area contributed by atoms with E-state index in [4.69, 9.17) is 0 Å². The zero-order valence-electron chi connectivity index (χ0n) is 22.9. The van der Waals surface area contributed by atoms with Crippen molar-refractivity contribution in [2.75, 3.05) is 0 Å². The van der Waals surface area contributed by atoms with Gasteiger partial charge in [0.05, 0.1) is 16.1 Å². The summed E-state index contributed by atoms with van der Waals surface area (Å²) in [6, 6.07) is 21.6. The molecule has 0 unspecified atom stereocenters. The maximum atomic E-state index is 2.52. The Kier molecular flexibility index (Phi) is 7.31. The van der Waals surface area contributed by atoms with E-state index in [2.05, 4.69) is 128 Å². The van der Waals surface area contributed by atoms with Crippen LogP contribution in [0.2, 0.25) is 39.3 Å². The van der Waals surface area contributed by atoms with Crippen molar-refractivity contribution in [1.29, 1.82) is 0 Å². The van der Waals surface area contributed by atoms with Gasteiger partial charge in [0.25, 0.3) is 0 Å². The van der Waals surface area contributed by atoms with Crippen molar-refractivity contribution in [3.05, 3.63) is 71.3 Å². The lowest BCUT2D eigenvalue weighted by molar-refractivity contribution is 0.818. The minimum Gasteiger partial charge on any atom is -0.0656 e. The molecule has 0 fully saturated rings. The van der Waals surface area contributed by atoms with Crippen molar-refractivity contribution in [1.82, 2.24) is 0 Å². The molecule has 176 valence electrons. The van der Waals surface area contributed by atoms with Crippen LogP contribution in [0.3, 0.4) is 0 Å². The fraction of sp³-hybridized carbons (Fsp3) is 0.419. The van der Waals surface area contributed by atoms with E-state index >= 15 is 0 Å². The van der Waals surface area contributed by atoms with Crippen LogP contribution in [0.15, 0.2) is 54.6 Å². The summed E-state index contributed by atoms with van der Waals surface area (Å²) in [7, 11) is -2.78. The Hall–Kier alpha value is -1.91. The first-order valence-corrected chi connectivity index (χ1v) is 19.6. The average molecular weight is 473 g/mol. The molecular formula is C31H44Si2. The van der Waals surface area contributed by atoms with Crippen LogP contribution in [0.25, 0.3) is 22.3 Å². The van der Waals surface area contributed by atoms with Crippen molar-refractivity contribution in [3.63, 3.8) is 0 Å². The van der Waals surface area contributed by atoms with Gasteiger partial charge in [-0.25, -0.2) is 0 Å². The zero-order valence-corrected chi connectivity index (χ0v) is 24.9. The van der Waals surface area contributed by atoms with Crippen molar-refractivity contribution >= 4 is 26.5 Å². The Balaban J connectivity index is 2.09. The molecule has 0 spiro atoms. The average Bonchev–Trinajstić information content (AvgIpc) is 2.72. The third kappa shape index (κ3) is 5.78. The number of benzene rings is 3. The molecule has 0 N–H and O–H groups in total. The van der Waals surface area contributed by atoms with Gasteiger partial charge in [-0.1, -0.05) is 132 Å². The molecule has 0 aliphatic carbocycles. The van der Waals surface area contributed by atoms with Gasteiger partial charge in [0.1, 0.15) is 0 Å². The van der Waals surface area contributed by atoms with E-state index in [-0.39, 0.29) is 0 Å². The van der Waals surface area contributed by atoms with E-state index < -0.39 is 16.1 Å². The van der Waals surface area contributed by atoms with Gasteiger partial charge in [-0.05, 0) is 57.7 Å². The maximum Gasteiger partial charge on any atom is 0.0776 e. The van der Waals surface area contributed by atoms with Gasteiger partial charge in [0.15, 0.2) is 0 Å². The van der Waals surface area contributed by atoms with Gasteiger partial charge in [-0.15, -0.1) is 0 Å². The summed E-state index contributed by atoms with van der Waals surface area (Å²) in [5.74, 6) is 1.07. The fourth-order valence-corrected chi connectivity index (χ4v) is 7.14. The number of hydrogen-bond acceptors (Lipinski definition) is 0. The Labute approximate surface area is 205 Å². The van der Waals surface area contributed by atoms with E-state index in [1.54, 1.807) is 10.4 Å². The molecule has 3 aromatic carbocycles. The number of rotatable bonds is 6. The van der Waals surface area contributed by atoms with Crippen molar-refractivity contribution in [3.8, 4) is 22.3 Å². The molecule has 0 aliphatic rings. The highest BCUT2D eigenvalue weighted by molar-refractivity contribution is 6.91. The van der Waals surface area contributed by atoms with Crippen LogP contribution in [0.1, 0.15) is 56.2 Å². The molecule has 0 amide bonds. The Morgan fingerprint density at radius 3 is 1.12 bits per heavy atom. The van der Waals surface area contributed by atoms with Crippen LogP contribution in [0.4, 0.5) is 0 Å². The first-order chi connectivity index (χ1) is 15.2. The van der Waals surface area contributed by atoms with Crippen LogP contribution in [-0.2, 0) is 0 Å². The summed E-state index contributed by atoms with van der Waals surface area (Å²) in [6.45, 7) is 26.3. The molecule has 0 nitrogen and oxygen atoms in total. The van der Waals surface area contributed by atoms with Gasteiger partial charge in [0.2, 0.25) is 0 Å². The molecule has 0 aromatic heterocycles. The zero-order chi connectivity index (χ0) is 24.7. The Morgan fingerprint density at radius 2 is 0.818 bits per heavy atom. The highest BCUT2D eigenvalue weighted by Crippen LogP contribution is 2.34. The topological polar surface area (TPSA) is 0 Å². The van der Waals surface area contributed by atoms with Crippen molar-refractivity contribution in [2.24, 2.45) is 0 Å². The van der Waals surface area contributed by atoms with E-state index in [0.717, 1.165) is 0 Å². The Bertz CT molecular complexity index is 1060. The molecule has 0 heterocycles. The first kappa shape index (κ1) is 25.7. The second kappa shape index (κ2) is 9.39. The summed E-state index contributed by atoms with van der Waals surface area (Å²) < 4.78 is 0. The summed E-state index contributed by atoms with van der Waals surface area (Å²) in [6.07, 6.45) is 0. The summed E-state index contributed by atoms with van der Waals surface area (Å²) in [5, 5.41) is 3.14. The van der Waals surface area contributed by atoms with Gasteiger partial charge < -0.3 is 0 Å². The van der Waals surface area contributed by atoms with Gasteiger partial charge >= 0.3 is 0 Å². The fourth-order valence-electron chi connectivity index (χ4n) is 4.64. The van der Waals surface area contributed by atoms with Crippen LogP contribution in [0, 0.1) is 6.92 Å². The molecule has 0 atom stereocenters. The normalized spacial score (nSPS) is 12.6. The lowest BCUT2D eigenvalue weighted by atomic mass is 9.86. The highest BCUT2D eigenvalue weighted by atomic mass is 28.3. The van der Waals surface area contributed by atoms with Gasteiger partial charge in [-0.2, -0.15) is 0 Å². The van der Waals surface area contributed by atoms with Crippen LogP contribution < -0.4 is 10.4 Å². The molecule has 3 rings (SSSR count). The molecule has 33 heavy (non-hydrogen) atoms. The monoisotopic (exact) mass is 472 g/mol. The largest absolute Gasteiger partial charge is 0.0776 e.